The van der Waals surface area contributed by atoms with Gasteiger partial charge in [-0.05, 0) is 38.6 Å². The third-order valence-corrected chi connectivity index (χ3v) is 4.33. The second-order valence-corrected chi connectivity index (χ2v) is 6.44. The molecule has 1 atom stereocenters. The van der Waals surface area contributed by atoms with Crippen molar-refractivity contribution in [2.75, 3.05) is 32.7 Å². The lowest BCUT2D eigenvalue weighted by Crippen LogP contribution is -2.40. The van der Waals surface area contributed by atoms with Gasteiger partial charge < -0.3 is 14.3 Å². The molecule has 0 spiro atoms. The Morgan fingerprint density at radius 2 is 2.12 bits per heavy atom. The number of carbonyl (C=O) groups is 1. The Kier molecular flexibility index (Phi) is 5.83. The van der Waals surface area contributed by atoms with Crippen LogP contribution in [0.3, 0.4) is 0 Å². The van der Waals surface area contributed by atoms with E-state index in [1.165, 1.54) is 0 Å². The van der Waals surface area contributed by atoms with Crippen LogP contribution in [0.1, 0.15) is 36.9 Å². The van der Waals surface area contributed by atoms with Crippen LogP contribution in [0.4, 0.5) is 0 Å². The fraction of sp³-hybridized carbons (Fsp3) is 0.588. The predicted octanol–water partition coefficient (Wildman–Crippen LogP) is 1.36. The maximum absolute atomic E-state index is 12.3. The van der Waals surface area contributed by atoms with E-state index in [1.54, 1.807) is 13.2 Å². The Bertz CT molecular complexity index is 670. The maximum Gasteiger partial charge on any atom is 0.234 e. The number of aromatic nitrogens is 2. The highest BCUT2D eigenvalue weighted by Crippen LogP contribution is 2.12. The molecule has 8 nitrogen and oxygen atoms in total. The van der Waals surface area contributed by atoms with Gasteiger partial charge in [-0.3, -0.25) is 14.6 Å². The summed E-state index contributed by atoms with van der Waals surface area (Å²) in [5, 5.41) is 6.93. The minimum Gasteiger partial charge on any atom is -0.467 e. The van der Waals surface area contributed by atoms with Crippen LogP contribution in [0.25, 0.3) is 0 Å². The molecule has 0 aromatic carbocycles. The normalized spacial score (nSPS) is 18.0. The Morgan fingerprint density at radius 3 is 2.84 bits per heavy atom. The number of aryl methyl sites for hydroxylation is 1. The van der Waals surface area contributed by atoms with Crippen molar-refractivity contribution in [3.63, 3.8) is 0 Å². The van der Waals surface area contributed by atoms with Crippen LogP contribution in [0, 0.1) is 6.92 Å². The molecule has 1 amide bonds. The van der Waals surface area contributed by atoms with Crippen LogP contribution in [-0.4, -0.2) is 58.6 Å². The van der Waals surface area contributed by atoms with E-state index in [2.05, 4.69) is 25.3 Å². The fourth-order valence-corrected chi connectivity index (χ4v) is 3.05. The zero-order valence-corrected chi connectivity index (χ0v) is 14.8. The van der Waals surface area contributed by atoms with E-state index in [1.807, 2.05) is 19.1 Å². The summed E-state index contributed by atoms with van der Waals surface area (Å²) in [6.07, 6.45) is 2.63. The lowest BCUT2D eigenvalue weighted by atomic mass is 10.2. The van der Waals surface area contributed by atoms with Crippen molar-refractivity contribution >= 4 is 5.91 Å². The molecule has 136 valence electrons. The number of nitrogens with zero attached hydrogens (tertiary/aromatic N) is 4. The minimum absolute atomic E-state index is 0.0196. The zero-order chi connectivity index (χ0) is 17.6. The van der Waals surface area contributed by atoms with Crippen LogP contribution in [0.15, 0.2) is 27.3 Å². The quantitative estimate of drug-likeness (QED) is 0.844. The molecule has 0 bridgehead atoms. The summed E-state index contributed by atoms with van der Waals surface area (Å²) in [4.78, 5) is 21.0. The van der Waals surface area contributed by atoms with Gasteiger partial charge in [0.1, 0.15) is 5.76 Å². The molecule has 3 rings (SSSR count). The van der Waals surface area contributed by atoms with Gasteiger partial charge in [-0.1, -0.05) is 5.16 Å². The maximum atomic E-state index is 12.3. The first-order chi connectivity index (χ1) is 12.1. The van der Waals surface area contributed by atoms with Crippen LogP contribution in [0.2, 0.25) is 0 Å². The number of carbonyl (C=O) groups excluding carboxylic acids is 1. The highest BCUT2D eigenvalue weighted by molar-refractivity contribution is 5.78. The summed E-state index contributed by atoms with van der Waals surface area (Å²) < 4.78 is 10.3. The molecule has 0 aliphatic carbocycles. The van der Waals surface area contributed by atoms with Crippen molar-refractivity contribution < 1.29 is 13.7 Å². The number of nitrogens with one attached hydrogen (secondary N) is 1. The van der Waals surface area contributed by atoms with Crippen molar-refractivity contribution in [2.24, 2.45) is 0 Å². The van der Waals surface area contributed by atoms with Gasteiger partial charge in [0.2, 0.25) is 11.8 Å². The molecule has 0 radical (unpaired) electrons. The van der Waals surface area contributed by atoms with Gasteiger partial charge in [0.25, 0.3) is 0 Å². The number of hydrogen-bond acceptors (Lipinski definition) is 7. The van der Waals surface area contributed by atoms with Gasteiger partial charge in [0, 0.05) is 20.0 Å². The summed E-state index contributed by atoms with van der Waals surface area (Å²) in [7, 11) is 0. The Hall–Kier alpha value is -2.19. The summed E-state index contributed by atoms with van der Waals surface area (Å²) in [5.41, 5.74) is 0. The third-order valence-electron chi connectivity index (χ3n) is 4.33. The van der Waals surface area contributed by atoms with Gasteiger partial charge in [-0.25, -0.2) is 0 Å². The number of furan rings is 1. The summed E-state index contributed by atoms with van der Waals surface area (Å²) in [6.45, 7) is 8.41. The molecule has 25 heavy (non-hydrogen) atoms. The number of rotatable bonds is 6. The fourth-order valence-electron chi connectivity index (χ4n) is 3.05. The molecule has 2 aromatic heterocycles. The van der Waals surface area contributed by atoms with Gasteiger partial charge in [-0.2, -0.15) is 4.98 Å². The standard InChI is InChI=1S/C17H25N5O3/c1-13(15-5-3-10-24-15)18-17(23)12-22-7-4-6-21(8-9-22)11-16-19-14(2)25-20-16/h3,5,10,13H,4,6-9,11-12H2,1-2H3,(H,18,23)/t13-/m0/s1. The lowest BCUT2D eigenvalue weighted by Gasteiger charge is -2.21. The van der Waals surface area contributed by atoms with E-state index in [0.29, 0.717) is 19.0 Å². The van der Waals surface area contributed by atoms with Crippen LogP contribution in [-0.2, 0) is 11.3 Å². The first kappa shape index (κ1) is 17.6. The zero-order valence-electron chi connectivity index (χ0n) is 14.8. The van der Waals surface area contributed by atoms with Gasteiger partial charge in [-0.15, -0.1) is 0 Å². The van der Waals surface area contributed by atoms with Crippen molar-refractivity contribution in [3.05, 3.63) is 35.9 Å². The Balaban J connectivity index is 1.44. The Labute approximate surface area is 147 Å². The molecule has 3 heterocycles. The second kappa shape index (κ2) is 8.26. The van der Waals surface area contributed by atoms with Crippen molar-refractivity contribution in [2.45, 2.75) is 32.9 Å². The van der Waals surface area contributed by atoms with Crippen LogP contribution >= 0.6 is 0 Å². The van der Waals surface area contributed by atoms with Crippen molar-refractivity contribution in [1.82, 2.24) is 25.3 Å². The van der Waals surface area contributed by atoms with E-state index >= 15 is 0 Å². The highest BCUT2D eigenvalue weighted by atomic mass is 16.5. The SMILES string of the molecule is Cc1nc(CN2CCCN(CC(=O)N[C@@H](C)c3ccco3)CC2)no1. The molecule has 0 unspecified atom stereocenters. The molecular weight excluding hydrogens is 322 g/mol. The van der Waals surface area contributed by atoms with Crippen LogP contribution < -0.4 is 5.32 Å². The topological polar surface area (TPSA) is 87.6 Å². The average molecular weight is 347 g/mol. The monoisotopic (exact) mass is 347 g/mol. The Morgan fingerprint density at radius 1 is 1.32 bits per heavy atom. The van der Waals surface area contributed by atoms with Gasteiger partial charge >= 0.3 is 0 Å². The number of amides is 1. The molecule has 8 heteroatoms. The van der Waals surface area contributed by atoms with Crippen LogP contribution in [0.5, 0.6) is 0 Å². The molecule has 1 aliphatic rings. The largest absolute Gasteiger partial charge is 0.467 e. The molecule has 2 aromatic rings. The third kappa shape index (κ3) is 5.14. The average Bonchev–Trinajstić information content (AvgIpc) is 3.19. The highest BCUT2D eigenvalue weighted by Gasteiger charge is 2.20. The summed E-state index contributed by atoms with van der Waals surface area (Å²) in [5.74, 6) is 2.10. The second-order valence-electron chi connectivity index (χ2n) is 6.44. The molecule has 1 saturated heterocycles. The first-order valence-corrected chi connectivity index (χ1v) is 8.67. The van der Waals surface area contributed by atoms with E-state index in [-0.39, 0.29) is 11.9 Å². The number of hydrogen-bond donors (Lipinski definition) is 1. The first-order valence-electron chi connectivity index (χ1n) is 8.67. The molecule has 1 aliphatic heterocycles. The molecule has 0 saturated carbocycles. The predicted molar refractivity (Wildman–Crippen MR) is 90.6 cm³/mol. The summed E-state index contributed by atoms with van der Waals surface area (Å²) in [6, 6.07) is 3.58. The smallest absolute Gasteiger partial charge is 0.234 e. The minimum atomic E-state index is -0.118. The van der Waals surface area contributed by atoms with Crippen molar-refractivity contribution in [1.29, 1.82) is 0 Å². The molecular formula is C17H25N5O3. The van der Waals surface area contributed by atoms with E-state index < -0.39 is 0 Å². The van der Waals surface area contributed by atoms with Gasteiger partial charge in [0.05, 0.1) is 25.4 Å². The van der Waals surface area contributed by atoms with E-state index in [4.69, 9.17) is 8.94 Å². The molecule has 1 fully saturated rings. The van der Waals surface area contributed by atoms with E-state index in [9.17, 15) is 4.79 Å². The van der Waals surface area contributed by atoms with Crippen molar-refractivity contribution in [3.8, 4) is 0 Å². The molecule has 1 N–H and O–H groups in total. The van der Waals surface area contributed by atoms with Gasteiger partial charge in [0.15, 0.2) is 5.82 Å². The van der Waals surface area contributed by atoms with E-state index in [0.717, 1.165) is 44.2 Å². The lowest BCUT2D eigenvalue weighted by molar-refractivity contribution is -0.123. The summed E-state index contributed by atoms with van der Waals surface area (Å²) >= 11 is 0.